The molecule has 8 heteroatoms. The maximum atomic E-state index is 10.3. The molecule has 0 aromatic carbocycles. The number of hydrogen-bond donors (Lipinski definition) is 2. The lowest BCUT2D eigenvalue weighted by atomic mass is 10.2. The van der Waals surface area contributed by atoms with Crippen molar-refractivity contribution in [2.75, 3.05) is 7.11 Å². The van der Waals surface area contributed by atoms with Gasteiger partial charge < -0.3 is 19.6 Å². The van der Waals surface area contributed by atoms with Gasteiger partial charge in [-0.2, -0.15) is 4.98 Å². The van der Waals surface area contributed by atoms with Crippen molar-refractivity contribution in [3.05, 3.63) is 84.4 Å². The van der Waals surface area contributed by atoms with Crippen molar-refractivity contribution in [2.24, 2.45) is 0 Å². The van der Waals surface area contributed by atoms with Crippen LogP contribution in [0.25, 0.3) is 11.0 Å². The van der Waals surface area contributed by atoms with Crippen molar-refractivity contribution in [1.29, 1.82) is 0 Å². The quantitative estimate of drug-likeness (QED) is 0.336. The van der Waals surface area contributed by atoms with Gasteiger partial charge in [0.2, 0.25) is 5.88 Å². The third-order valence-corrected chi connectivity index (χ3v) is 4.91. The SMILES string of the molecule is C=CC=C.CCc1[nH]c2nc(C)nc(Oc3cncc(OC)c3)c2c1O.Cc1cnc(C)c(C)c1. The van der Waals surface area contributed by atoms with Crippen LogP contribution in [0.1, 0.15) is 35.3 Å². The Morgan fingerprint density at radius 3 is 2.26 bits per heavy atom. The van der Waals surface area contributed by atoms with Gasteiger partial charge in [0, 0.05) is 18.0 Å². The molecule has 8 nitrogen and oxygen atoms in total. The molecule has 2 N–H and O–H groups in total. The topological polar surface area (TPSA) is 106 Å². The van der Waals surface area contributed by atoms with Crippen LogP contribution in [-0.2, 0) is 6.42 Å². The lowest BCUT2D eigenvalue weighted by molar-refractivity contribution is 0.404. The van der Waals surface area contributed by atoms with E-state index in [1.165, 1.54) is 11.1 Å². The zero-order valence-electron chi connectivity index (χ0n) is 21.2. The van der Waals surface area contributed by atoms with Crippen molar-refractivity contribution < 1.29 is 14.6 Å². The fraction of sp³-hybridized carbons (Fsp3) is 0.259. The predicted octanol–water partition coefficient (Wildman–Crippen LogP) is 6.10. The molecule has 0 atom stereocenters. The second kappa shape index (κ2) is 12.9. The maximum Gasteiger partial charge on any atom is 0.235 e. The Morgan fingerprint density at radius 1 is 1.00 bits per heavy atom. The summed E-state index contributed by atoms with van der Waals surface area (Å²) in [6.45, 7) is 16.6. The molecule has 4 heterocycles. The number of allylic oxidation sites excluding steroid dienone is 2. The fourth-order valence-corrected chi connectivity index (χ4v) is 3.00. The Balaban J connectivity index is 0.000000275. The van der Waals surface area contributed by atoms with E-state index in [-0.39, 0.29) is 11.6 Å². The van der Waals surface area contributed by atoms with E-state index in [1.54, 1.807) is 44.6 Å². The van der Waals surface area contributed by atoms with Crippen LogP contribution >= 0.6 is 0 Å². The van der Waals surface area contributed by atoms with Crippen LogP contribution in [-0.4, -0.2) is 37.1 Å². The zero-order valence-corrected chi connectivity index (χ0v) is 21.2. The van der Waals surface area contributed by atoms with Crippen molar-refractivity contribution in [3.63, 3.8) is 0 Å². The second-order valence-corrected chi connectivity index (χ2v) is 7.65. The van der Waals surface area contributed by atoms with E-state index >= 15 is 0 Å². The van der Waals surface area contributed by atoms with Gasteiger partial charge in [-0.3, -0.25) is 9.97 Å². The van der Waals surface area contributed by atoms with Gasteiger partial charge in [-0.1, -0.05) is 38.3 Å². The summed E-state index contributed by atoms with van der Waals surface area (Å²) in [6.07, 6.45) is 8.95. The number of pyridine rings is 2. The Hall–Kier alpha value is -4.20. The van der Waals surface area contributed by atoms with Crippen LogP contribution in [0.5, 0.6) is 23.1 Å². The number of aromatic amines is 1. The van der Waals surface area contributed by atoms with Gasteiger partial charge in [-0.25, -0.2) is 4.98 Å². The van der Waals surface area contributed by atoms with Gasteiger partial charge in [0.25, 0.3) is 0 Å². The molecule has 0 aliphatic heterocycles. The number of methoxy groups -OCH3 is 1. The molecule has 0 saturated heterocycles. The molecule has 0 unspecified atom stereocenters. The average Bonchev–Trinajstić information content (AvgIpc) is 3.17. The molecule has 4 rings (SSSR count). The van der Waals surface area contributed by atoms with E-state index < -0.39 is 0 Å². The predicted molar refractivity (Wildman–Crippen MR) is 139 cm³/mol. The number of aryl methyl sites for hydroxylation is 5. The lowest BCUT2D eigenvalue weighted by Crippen LogP contribution is -1.95. The third kappa shape index (κ3) is 7.40. The van der Waals surface area contributed by atoms with Gasteiger partial charge in [-0.05, 0) is 45.2 Å². The largest absolute Gasteiger partial charge is 0.505 e. The van der Waals surface area contributed by atoms with E-state index in [0.29, 0.717) is 40.5 Å². The number of nitrogens with one attached hydrogen (secondary N) is 1. The molecular formula is C27H33N5O3. The molecule has 0 amide bonds. The summed E-state index contributed by atoms with van der Waals surface area (Å²) in [6, 6.07) is 3.84. The summed E-state index contributed by atoms with van der Waals surface area (Å²) in [5.41, 5.74) is 4.88. The van der Waals surface area contributed by atoms with E-state index in [1.807, 2.05) is 20.0 Å². The molecule has 0 bridgehead atoms. The molecule has 35 heavy (non-hydrogen) atoms. The normalized spacial score (nSPS) is 9.89. The van der Waals surface area contributed by atoms with Crippen LogP contribution in [0.3, 0.4) is 0 Å². The van der Waals surface area contributed by atoms with Gasteiger partial charge in [0.1, 0.15) is 22.6 Å². The standard InChI is InChI=1S/C15H16N4O3.C8H11N.C4H6/c1-4-11-13(20)12-14(19-11)17-8(2)18-15(12)22-10-5-9(21-3)6-16-7-10;1-6-4-7(2)8(3)9-5-6;1-3-4-2/h5-7,20H,4H2,1-3H3,(H,17,18,19);4-5H,1-3H3;3-4H,1-2H2. The number of nitrogens with zero attached hydrogens (tertiary/aromatic N) is 4. The molecule has 0 fully saturated rings. The molecular weight excluding hydrogens is 442 g/mol. The van der Waals surface area contributed by atoms with Crippen molar-refractivity contribution in [3.8, 4) is 23.1 Å². The van der Waals surface area contributed by atoms with E-state index in [2.05, 4.69) is 58.0 Å². The molecule has 0 aliphatic carbocycles. The van der Waals surface area contributed by atoms with Gasteiger partial charge in [0.15, 0.2) is 11.5 Å². The van der Waals surface area contributed by atoms with Crippen LogP contribution in [0.2, 0.25) is 0 Å². The molecule has 4 aromatic heterocycles. The Bertz CT molecular complexity index is 1290. The van der Waals surface area contributed by atoms with Gasteiger partial charge >= 0.3 is 0 Å². The summed E-state index contributed by atoms with van der Waals surface area (Å²) in [5.74, 6) is 1.99. The summed E-state index contributed by atoms with van der Waals surface area (Å²) >= 11 is 0. The highest BCUT2D eigenvalue weighted by atomic mass is 16.5. The number of aromatic hydroxyl groups is 1. The average molecular weight is 476 g/mol. The first-order chi connectivity index (χ1) is 16.7. The highest BCUT2D eigenvalue weighted by Crippen LogP contribution is 2.36. The van der Waals surface area contributed by atoms with Crippen LogP contribution in [0.4, 0.5) is 0 Å². The first-order valence-electron chi connectivity index (χ1n) is 11.1. The Morgan fingerprint density at radius 2 is 1.69 bits per heavy atom. The summed E-state index contributed by atoms with van der Waals surface area (Å²) in [4.78, 5) is 19.9. The highest BCUT2D eigenvalue weighted by Gasteiger charge is 2.18. The maximum absolute atomic E-state index is 10.3. The molecule has 0 radical (unpaired) electrons. The number of rotatable bonds is 5. The van der Waals surface area contributed by atoms with Crippen molar-refractivity contribution in [1.82, 2.24) is 24.9 Å². The Labute approximate surface area is 206 Å². The molecule has 0 spiro atoms. The molecule has 4 aromatic rings. The van der Waals surface area contributed by atoms with Gasteiger partial charge in [0.05, 0.1) is 25.2 Å². The van der Waals surface area contributed by atoms with E-state index in [4.69, 9.17) is 9.47 Å². The third-order valence-electron chi connectivity index (χ3n) is 4.91. The number of ether oxygens (including phenoxy) is 2. The van der Waals surface area contributed by atoms with Crippen LogP contribution in [0, 0.1) is 27.7 Å². The second-order valence-electron chi connectivity index (χ2n) is 7.65. The first kappa shape index (κ1) is 27.0. The number of H-pyrrole nitrogens is 1. The van der Waals surface area contributed by atoms with Crippen LogP contribution in [0.15, 0.2) is 56.0 Å². The molecule has 0 aliphatic rings. The minimum atomic E-state index is 0.114. The van der Waals surface area contributed by atoms with Gasteiger partial charge in [-0.15, -0.1) is 0 Å². The number of hydrogen-bond acceptors (Lipinski definition) is 7. The van der Waals surface area contributed by atoms with Crippen molar-refractivity contribution >= 4 is 11.0 Å². The minimum absolute atomic E-state index is 0.114. The lowest BCUT2D eigenvalue weighted by Gasteiger charge is -2.07. The number of fused-ring (bicyclic) bond motifs is 1. The van der Waals surface area contributed by atoms with E-state index in [9.17, 15) is 5.11 Å². The number of aromatic nitrogens is 5. The molecule has 184 valence electrons. The summed E-state index contributed by atoms with van der Waals surface area (Å²) < 4.78 is 10.9. The Kier molecular flexibility index (Phi) is 9.96. The summed E-state index contributed by atoms with van der Waals surface area (Å²) in [5, 5.41) is 10.8. The highest BCUT2D eigenvalue weighted by molar-refractivity contribution is 5.89. The van der Waals surface area contributed by atoms with E-state index in [0.717, 1.165) is 5.69 Å². The van der Waals surface area contributed by atoms with Crippen LogP contribution < -0.4 is 9.47 Å². The summed E-state index contributed by atoms with van der Waals surface area (Å²) in [7, 11) is 1.55. The molecule has 0 saturated carbocycles. The monoisotopic (exact) mass is 475 g/mol. The zero-order chi connectivity index (χ0) is 26.0. The smallest absolute Gasteiger partial charge is 0.235 e. The fourth-order valence-electron chi connectivity index (χ4n) is 3.00. The minimum Gasteiger partial charge on any atom is -0.505 e. The van der Waals surface area contributed by atoms with Crippen molar-refractivity contribution in [2.45, 2.75) is 41.0 Å². The first-order valence-corrected chi connectivity index (χ1v) is 11.1.